The van der Waals surface area contributed by atoms with Gasteiger partial charge in [0, 0.05) is 24.3 Å². The molecule has 3 atom stereocenters. The van der Waals surface area contributed by atoms with E-state index in [1.165, 1.54) is 0 Å². The van der Waals surface area contributed by atoms with Gasteiger partial charge in [-0.15, -0.1) is 0 Å². The van der Waals surface area contributed by atoms with Gasteiger partial charge in [0.1, 0.15) is 0 Å². The second-order valence-corrected chi connectivity index (χ2v) is 7.45. The fraction of sp³-hybridized carbons (Fsp3) is 0.650. The van der Waals surface area contributed by atoms with Crippen LogP contribution in [-0.2, 0) is 16.1 Å². The third-order valence-corrected chi connectivity index (χ3v) is 5.36. The summed E-state index contributed by atoms with van der Waals surface area (Å²) in [6.07, 6.45) is 4.86. The van der Waals surface area contributed by atoms with Gasteiger partial charge in [0.2, 0.25) is 0 Å². The number of ether oxygens (including phenoxy) is 2. The van der Waals surface area contributed by atoms with E-state index in [0.717, 1.165) is 49.1 Å². The highest BCUT2D eigenvalue weighted by Gasteiger charge is 2.38. The number of hydrogen-bond donors (Lipinski definition) is 2. The molecule has 2 amide bonds. The van der Waals surface area contributed by atoms with Crippen LogP contribution in [0.3, 0.4) is 0 Å². The van der Waals surface area contributed by atoms with Gasteiger partial charge in [-0.3, -0.25) is 0 Å². The molecule has 1 aromatic carbocycles. The third kappa shape index (κ3) is 4.53. The third-order valence-electron chi connectivity index (χ3n) is 5.36. The number of rotatable bonds is 5. The lowest BCUT2D eigenvalue weighted by molar-refractivity contribution is 0.0553. The summed E-state index contributed by atoms with van der Waals surface area (Å²) in [6.45, 7) is 7.46. The Hall–Kier alpha value is -1.59. The smallest absolute Gasteiger partial charge is 0.319 e. The molecule has 25 heavy (non-hydrogen) atoms. The lowest BCUT2D eigenvalue weighted by atomic mass is 9.82. The van der Waals surface area contributed by atoms with Crippen LogP contribution in [0.1, 0.15) is 50.7 Å². The van der Waals surface area contributed by atoms with E-state index in [0.29, 0.717) is 18.6 Å². The molecular weight excluding hydrogens is 316 g/mol. The van der Waals surface area contributed by atoms with E-state index < -0.39 is 0 Å². The number of amides is 2. The number of benzene rings is 1. The van der Waals surface area contributed by atoms with E-state index in [1.807, 2.05) is 39.0 Å². The Balaban J connectivity index is 1.60. The zero-order valence-corrected chi connectivity index (χ0v) is 15.5. The number of carbonyl (C=O) groups excluding carboxylic acids is 1. The topological polar surface area (TPSA) is 59.6 Å². The highest BCUT2D eigenvalue weighted by Crippen LogP contribution is 2.34. The Labute approximate surface area is 150 Å². The number of hydrogen-bond acceptors (Lipinski definition) is 3. The highest BCUT2D eigenvalue weighted by atomic mass is 16.5. The molecule has 0 aromatic heterocycles. The first kappa shape index (κ1) is 18.2. The van der Waals surface area contributed by atoms with E-state index in [2.05, 4.69) is 10.6 Å². The van der Waals surface area contributed by atoms with E-state index in [9.17, 15) is 4.79 Å². The van der Waals surface area contributed by atoms with E-state index >= 15 is 0 Å². The molecule has 0 spiro atoms. The first-order valence-electron chi connectivity index (χ1n) is 9.44. The standard InChI is InChI=1S/C20H30N2O3/c1-13(2)25-12-15-6-4-7-17(14(15)3)21-20(23)22-18-8-5-9-19-16(18)10-11-24-19/h4,6-7,13,16,18-19H,5,8-12H2,1-3H3,(H2,21,22,23)/t16-,18-,19+/m1/s1. The van der Waals surface area contributed by atoms with Gasteiger partial charge >= 0.3 is 6.03 Å². The first-order chi connectivity index (χ1) is 12.0. The largest absolute Gasteiger partial charge is 0.378 e. The molecule has 138 valence electrons. The summed E-state index contributed by atoms with van der Waals surface area (Å²) in [7, 11) is 0. The monoisotopic (exact) mass is 346 g/mol. The van der Waals surface area contributed by atoms with Gasteiger partial charge in [0.15, 0.2) is 0 Å². The first-order valence-corrected chi connectivity index (χ1v) is 9.44. The molecule has 3 rings (SSSR count). The zero-order valence-electron chi connectivity index (χ0n) is 15.5. The van der Waals surface area contributed by atoms with Crippen molar-refractivity contribution in [2.45, 2.75) is 71.3 Å². The lowest BCUT2D eigenvalue weighted by Gasteiger charge is -2.33. The minimum absolute atomic E-state index is 0.123. The van der Waals surface area contributed by atoms with Crippen LogP contribution >= 0.6 is 0 Å². The predicted molar refractivity (Wildman–Crippen MR) is 98.7 cm³/mol. The van der Waals surface area contributed by atoms with Crippen molar-refractivity contribution < 1.29 is 14.3 Å². The van der Waals surface area contributed by atoms with Gasteiger partial charge in [-0.2, -0.15) is 0 Å². The summed E-state index contributed by atoms with van der Waals surface area (Å²) in [5, 5.41) is 6.19. The molecule has 1 aliphatic carbocycles. The van der Waals surface area contributed by atoms with Crippen molar-refractivity contribution in [3.8, 4) is 0 Å². The van der Waals surface area contributed by atoms with Gasteiger partial charge in [-0.05, 0) is 63.6 Å². The summed E-state index contributed by atoms with van der Waals surface area (Å²) in [5.74, 6) is 0.464. The molecule has 0 unspecified atom stereocenters. The Morgan fingerprint density at radius 1 is 1.32 bits per heavy atom. The van der Waals surface area contributed by atoms with Crippen molar-refractivity contribution in [1.29, 1.82) is 0 Å². The van der Waals surface area contributed by atoms with E-state index in [-0.39, 0.29) is 18.2 Å². The maximum absolute atomic E-state index is 12.5. The number of nitrogens with one attached hydrogen (secondary N) is 2. The zero-order chi connectivity index (χ0) is 17.8. The molecule has 2 N–H and O–H groups in total. The summed E-state index contributed by atoms with van der Waals surface area (Å²) < 4.78 is 11.5. The molecule has 2 aliphatic rings. The Kier molecular flexibility index (Phi) is 5.97. The van der Waals surface area contributed by atoms with Crippen LogP contribution in [0.2, 0.25) is 0 Å². The summed E-state index contributed by atoms with van der Waals surface area (Å²) in [4.78, 5) is 12.5. The van der Waals surface area contributed by atoms with Gasteiger partial charge in [-0.25, -0.2) is 4.79 Å². The minimum Gasteiger partial charge on any atom is -0.378 e. The highest BCUT2D eigenvalue weighted by molar-refractivity contribution is 5.90. The second kappa shape index (κ2) is 8.19. The average Bonchev–Trinajstić information content (AvgIpc) is 3.05. The van der Waals surface area contributed by atoms with Crippen LogP contribution in [0.15, 0.2) is 18.2 Å². The number of fused-ring (bicyclic) bond motifs is 1. The molecule has 5 nitrogen and oxygen atoms in total. The van der Waals surface area contributed by atoms with Crippen LogP contribution in [0, 0.1) is 12.8 Å². The van der Waals surface area contributed by atoms with Gasteiger partial charge in [0.05, 0.1) is 18.8 Å². The predicted octanol–water partition coefficient (Wildman–Crippen LogP) is 4.00. The molecule has 1 aliphatic heterocycles. The molecule has 2 fully saturated rings. The molecule has 1 saturated carbocycles. The maximum Gasteiger partial charge on any atom is 0.319 e. The van der Waals surface area contributed by atoms with E-state index in [4.69, 9.17) is 9.47 Å². The molecule has 1 aromatic rings. The van der Waals surface area contributed by atoms with Crippen LogP contribution in [0.25, 0.3) is 0 Å². The van der Waals surface area contributed by atoms with Crippen molar-refractivity contribution >= 4 is 11.7 Å². The normalized spacial score (nSPS) is 25.7. The van der Waals surface area contributed by atoms with Gasteiger partial charge in [-0.1, -0.05) is 12.1 Å². The lowest BCUT2D eigenvalue weighted by Crippen LogP contribution is -2.47. The van der Waals surface area contributed by atoms with Crippen LogP contribution in [-0.4, -0.2) is 30.9 Å². The molecule has 1 heterocycles. The Morgan fingerprint density at radius 3 is 2.96 bits per heavy atom. The molecule has 1 saturated heterocycles. The van der Waals surface area contributed by atoms with Crippen molar-refractivity contribution in [2.24, 2.45) is 5.92 Å². The van der Waals surface area contributed by atoms with Gasteiger partial charge < -0.3 is 20.1 Å². The molecule has 0 radical (unpaired) electrons. The Bertz CT molecular complexity index is 603. The fourth-order valence-electron chi connectivity index (χ4n) is 3.91. The van der Waals surface area contributed by atoms with Crippen LogP contribution < -0.4 is 10.6 Å². The minimum atomic E-state index is -0.123. The summed E-state index contributed by atoms with van der Waals surface area (Å²) in [5.41, 5.74) is 3.01. The Morgan fingerprint density at radius 2 is 2.16 bits per heavy atom. The number of anilines is 1. The number of carbonyl (C=O) groups is 1. The van der Waals surface area contributed by atoms with Crippen molar-refractivity contribution in [3.63, 3.8) is 0 Å². The van der Waals surface area contributed by atoms with Crippen molar-refractivity contribution in [3.05, 3.63) is 29.3 Å². The second-order valence-electron chi connectivity index (χ2n) is 7.45. The number of urea groups is 1. The van der Waals surface area contributed by atoms with Gasteiger partial charge in [0.25, 0.3) is 0 Å². The van der Waals surface area contributed by atoms with Crippen molar-refractivity contribution in [1.82, 2.24) is 5.32 Å². The fourth-order valence-corrected chi connectivity index (χ4v) is 3.91. The quantitative estimate of drug-likeness (QED) is 0.847. The summed E-state index contributed by atoms with van der Waals surface area (Å²) in [6, 6.07) is 6.04. The molecular formula is C20H30N2O3. The SMILES string of the molecule is Cc1c(COC(C)C)cccc1NC(=O)N[C@@H]1CCC[C@@H]2OCC[C@@H]21. The van der Waals surface area contributed by atoms with Crippen molar-refractivity contribution in [2.75, 3.05) is 11.9 Å². The van der Waals surface area contributed by atoms with E-state index in [1.54, 1.807) is 0 Å². The van der Waals surface area contributed by atoms with Crippen LogP contribution in [0.4, 0.5) is 10.5 Å². The van der Waals surface area contributed by atoms with Crippen LogP contribution in [0.5, 0.6) is 0 Å². The average molecular weight is 346 g/mol. The molecule has 5 heteroatoms. The molecule has 0 bridgehead atoms. The summed E-state index contributed by atoms with van der Waals surface area (Å²) >= 11 is 0. The maximum atomic E-state index is 12.5.